The van der Waals surface area contributed by atoms with E-state index in [9.17, 15) is 14.4 Å². The van der Waals surface area contributed by atoms with Crippen LogP contribution in [0.1, 0.15) is 167 Å². The van der Waals surface area contributed by atoms with Gasteiger partial charge in [0.1, 0.15) is 19.8 Å². The van der Waals surface area contributed by atoms with Crippen molar-refractivity contribution in [2.45, 2.75) is 176 Å². The maximum atomic E-state index is 13.3. The summed E-state index contributed by atoms with van der Waals surface area (Å²) in [6, 6.07) is 5.62. The van der Waals surface area contributed by atoms with Crippen LogP contribution in [-0.2, 0) is 57.8 Å². The Balaban J connectivity index is 1.31. The van der Waals surface area contributed by atoms with Crippen molar-refractivity contribution in [2.75, 3.05) is 39.5 Å². The molecule has 3 atom stereocenters. The molecule has 1 aliphatic heterocycles. The van der Waals surface area contributed by atoms with Crippen molar-refractivity contribution in [1.82, 2.24) is 4.90 Å². The molecule has 3 fully saturated rings. The van der Waals surface area contributed by atoms with Crippen molar-refractivity contribution in [3.05, 3.63) is 59.2 Å². The third kappa shape index (κ3) is 20.7. The number of hydrogen-bond donors (Lipinski definition) is 0. The molecule has 4 rings (SSSR count). The first kappa shape index (κ1) is 50.4. The Morgan fingerprint density at radius 3 is 1.90 bits per heavy atom. The summed E-state index contributed by atoms with van der Waals surface area (Å²) in [6.07, 6.45) is 24.7. The number of piperidine rings is 1. The molecule has 61 heavy (non-hydrogen) atoms. The Labute approximate surface area is 368 Å². The van der Waals surface area contributed by atoms with Gasteiger partial charge in [-0.25, -0.2) is 4.79 Å². The predicted octanol–water partition coefficient (Wildman–Crippen LogP) is 11.8. The molecule has 0 N–H and O–H groups in total. The molecule has 10 nitrogen and oxygen atoms in total. The summed E-state index contributed by atoms with van der Waals surface area (Å²) in [5, 5.41) is 0. The summed E-state index contributed by atoms with van der Waals surface area (Å²) < 4.78 is 35.0. The van der Waals surface area contributed by atoms with Crippen LogP contribution in [0.3, 0.4) is 0 Å². The van der Waals surface area contributed by atoms with Crippen LogP contribution in [0.4, 0.5) is 4.79 Å². The summed E-state index contributed by atoms with van der Waals surface area (Å²) in [4.78, 5) is 41.5. The zero-order chi connectivity index (χ0) is 43.7. The van der Waals surface area contributed by atoms with Crippen molar-refractivity contribution in [1.29, 1.82) is 0 Å². The second-order valence-corrected chi connectivity index (χ2v) is 18.6. The fourth-order valence-corrected chi connectivity index (χ4v) is 9.86. The Bertz CT molecular complexity index is 1450. The van der Waals surface area contributed by atoms with Crippen molar-refractivity contribution >= 4 is 18.1 Å². The van der Waals surface area contributed by atoms with Gasteiger partial charge in [0.2, 0.25) is 0 Å². The summed E-state index contributed by atoms with van der Waals surface area (Å²) in [5.41, 5.74) is 2.12. The van der Waals surface area contributed by atoms with Crippen molar-refractivity contribution in [3.63, 3.8) is 0 Å². The lowest BCUT2D eigenvalue weighted by atomic mass is 9.58. The first-order chi connectivity index (χ1) is 29.6. The first-order valence-corrected chi connectivity index (χ1v) is 24.0. The van der Waals surface area contributed by atoms with Gasteiger partial charge in [-0.3, -0.25) is 9.59 Å². The van der Waals surface area contributed by atoms with Crippen molar-refractivity contribution in [3.8, 4) is 0 Å². The quantitative estimate of drug-likeness (QED) is 0.0266. The second-order valence-electron chi connectivity index (χ2n) is 18.6. The maximum Gasteiger partial charge on any atom is 0.508 e. The fraction of sp³-hybridized carbons (Fsp3) is 0.745. The molecule has 0 amide bonds. The minimum atomic E-state index is -0.709. The van der Waals surface area contributed by atoms with E-state index in [2.05, 4.69) is 63.8 Å². The van der Waals surface area contributed by atoms with E-state index in [1.165, 1.54) is 19.3 Å². The van der Waals surface area contributed by atoms with Gasteiger partial charge < -0.3 is 33.3 Å². The maximum absolute atomic E-state index is 13.3. The van der Waals surface area contributed by atoms with Crippen LogP contribution < -0.4 is 0 Å². The highest BCUT2D eigenvalue weighted by molar-refractivity contribution is 5.70. The zero-order valence-electron chi connectivity index (χ0n) is 38.6. The van der Waals surface area contributed by atoms with E-state index < -0.39 is 12.4 Å². The number of carbonyl (C=O) groups is 3. The van der Waals surface area contributed by atoms with Crippen LogP contribution in [0.25, 0.3) is 0 Å². The molecule has 0 aromatic heterocycles. The van der Waals surface area contributed by atoms with Crippen LogP contribution in [0, 0.1) is 29.1 Å². The van der Waals surface area contributed by atoms with E-state index in [0.29, 0.717) is 56.0 Å². The highest BCUT2D eigenvalue weighted by Gasteiger charge is 2.42. The molecule has 2 aliphatic carbocycles. The van der Waals surface area contributed by atoms with E-state index >= 15 is 0 Å². The van der Waals surface area contributed by atoms with Crippen LogP contribution in [-0.4, -0.2) is 68.7 Å². The zero-order valence-corrected chi connectivity index (χ0v) is 38.6. The summed E-state index contributed by atoms with van der Waals surface area (Å²) in [6.45, 7) is 15.6. The lowest BCUT2D eigenvalue weighted by Gasteiger charge is -2.47. The Morgan fingerprint density at radius 2 is 1.33 bits per heavy atom. The lowest BCUT2D eigenvalue weighted by Crippen LogP contribution is -2.37. The molecule has 0 radical (unpaired) electrons. The molecule has 1 aromatic carbocycles. The van der Waals surface area contributed by atoms with Gasteiger partial charge in [-0.2, -0.15) is 0 Å². The minimum Gasteiger partial charge on any atom is -0.461 e. The van der Waals surface area contributed by atoms with Gasteiger partial charge in [0, 0.05) is 32.1 Å². The third-order valence-electron chi connectivity index (χ3n) is 12.6. The van der Waals surface area contributed by atoms with Gasteiger partial charge in [-0.05, 0) is 167 Å². The third-order valence-corrected chi connectivity index (χ3v) is 12.6. The minimum absolute atomic E-state index is 0.0211. The molecule has 1 heterocycles. The number of likely N-dealkylation sites (tertiary alicyclic amines) is 1. The average molecular weight is 852 g/mol. The number of carbonyl (C=O) groups excluding carboxylic acids is 3. The molecule has 2 bridgehead atoms. The van der Waals surface area contributed by atoms with Crippen LogP contribution >= 0.6 is 0 Å². The highest BCUT2D eigenvalue weighted by atomic mass is 16.7. The van der Waals surface area contributed by atoms with Gasteiger partial charge >= 0.3 is 18.1 Å². The molecule has 1 aromatic rings. The van der Waals surface area contributed by atoms with E-state index in [1.54, 1.807) is 0 Å². The number of rotatable bonds is 28. The van der Waals surface area contributed by atoms with Gasteiger partial charge in [-0.15, -0.1) is 0 Å². The number of ether oxygens (including phenoxy) is 6. The van der Waals surface area contributed by atoms with Gasteiger partial charge in [0.05, 0.1) is 19.4 Å². The van der Waals surface area contributed by atoms with Crippen molar-refractivity contribution < 1.29 is 42.8 Å². The number of nitrogens with zero attached hydrogens (tertiary/aromatic N) is 1. The smallest absolute Gasteiger partial charge is 0.461 e. The SMILES string of the molecule is CC/C=C\CCCCOC(CCC(=O)OCc1cc(COC(=O)CC2(C)CC3CC(C)CC(C3)C2)cc(COC(=O)OCC2CCCN(CC)C2)c1)OCCCC/C=C\CC. The number of allylic oxidation sites excluding steroid dienone is 4. The van der Waals surface area contributed by atoms with Gasteiger partial charge in [0.15, 0.2) is 6.29 Å². The van der Waals surface area contributed by atoms with Crippen LogP contribution in [0.15, 0.2) is 42.5 Å². The van der Waals surface area contributed by atoms with E-state index in [-0.39, 0.29) is 43.6 Å². The van der Waals surface area contributed by atoms with Crippen LogP contribution in [0.2, 0.25) is 0 Å². The van der Waals surface area contributed by atoms with E-state index in [1.807, 2.05) is 18.2 Å². The van der Waals surface area contributed by atoms with E-state index in [4.69, 9.17) is 28.4 Å². The number of esters is 2. The normalized spacial score (nSPS) is 23.1. The highest BCUT2D eigenvalue weighted by Crippen LogP contribution is 2.51. The van der Waals surface area contributed by atoms with Gasteiger partial charge in [0.25, 0.3) is 0 Å². The number of benzene rings is 1. The standard InChI is InChI=1S/C51H81NO9/c1-6-9-11-13-15-17-24-56-49(57-25-18-16-14-12-10-7-2)22-21-47(53)58-37-44-29-45(38-59-48(54)34-51(5)32-42-26-40(4)27-43(28-42)33-51)31-46(30-44)39-61-50(55)60-36-41-20-19-23-52(8-3)35-41/h9-12,29-31,40-43,49H,6-8,13-28,32-39H2,1-5H3/b11-9-,12-10-. The second kappa shape index (κ2) is 28.5. The fourth-order valence-electron chi connectivity index (χ4n) is 9.86. The summed E-state index contributed by atoms with van der Waals surface area (Å²) in [7, 11) is 0. The van der Waals surface area contributed by atoms with Crippen molar-refractivity contribution in [2.24, 2.45) is 29.1 Å². The number of unbranched alkanes of at least 4 members (excludes halogenated alkanes) is 4. The molecular formula is C51H81NO9. The van der Waals surface area contributed by atoms with Gasteiger partial charge in [-0.1, -0.05) is 58.9 Å². The molecule has 3 unspecified atom stereocenters. The molecule has 3 aliphatic rings. The summed E-state index contributed by atoms with van der Waals surface area (Å²) in [5.74, 6) is 1.90. The Kier molecular flexibility index (Phi) is 23.5. The molecule has 10 heteroatoms. The average Bonchev–Trinajstić information content (AvgIpc) is 3.23. The predicted molar refractivity (Wildman–Crippen MR) is 240 cm³/mol. The monoisotopic (exact) mass is 852 g/mol. The van der Waals surface area contributed by atoms with Crippen LogP contribution in [0.5, 0.6) is 0 Å². The first-order valence-electron chi connectivity index (χ1n) is 24.0. The molecular weight excluding hydrogens is 771 g/mol. The number of fused-ring (bicyclic) bond motifs is 2. The topological polar surface area (TPSA) is 110 Å². The molecule has 344 valence electrons. The Morgan fingerprint density at radius 1 is 0.754 bits per heavy atom. The summed E-state index contributed by atoms with van der Waals surface area (Å²) >= 11 is 0. The number of hydrogen-bond acceptors (Lipinski definition) is 10. The van der Waals surface area contributed by atoms with E-state index in [0.717, 1.165) is 114 Å². The largest absolute Gasteiger partial charge is 0.508 e. The molecule has 2 saturated carbocycles. The molecule has 1 saturated heterocycles. The molecule has 0 spiro atoms. The Hall–Kier alpha value is -3.21. The lowest BCUT2D eigenvalue weighted by molar-refractivity contribution is -0.160.